The number of carbonyl (C=O) groups excluding carboxylic acids is 1. The highest BCUT2D eigenvalue weighted by Gasteiger charge is 2.11. The molecule has 15 heavy (non-hydrogen) atoms. The minimum absolute atomic E-state index is 0.114. The monoisotopic (exact) mass is 211 g/mol. The van der Waals surface area contributed by atoms with Crippen molar-refractivity contribution in [3.63, 3.8) is 0 Å². The molecular formula is C11H14FNO2. The number of nitrogens with one attached hydrogen (secondary N) is 1. The first-order chi connectivity index (χ1) is 7.17. The maximum atomic E-state index is 12.8. The molecule has 0 radical (unpaired) electrons. The minimum atomic E-state index is -0.445. The van der Waals surface area contributed by atoms with E-state index in [1.165, 1.54) is 24.3 Å². The third-order valence-corrected chi connectivity index (χ3v) is 2.14. The molecule has 0 bridgehead atoms. The Kier molecular flexibility index (Phi) is 4.24. The Bertz CT molecular complexity index is 337. The van der Waals surface area contributed by atoms with E-state index in [4.69, 9.17) is 5.11 Å². The SMILES string of the molecule is CC[C@@H](CO)NC(=O)c1cccc(F)c1. The summed E-state index contributed by atoms with van der Waals surface area (Å²) < 4.78 is 12.8. The van der Waals surface area contributed by atoms with E-state index in [1.807, 2.05) is 6.92 Å². The molecule has 1 rings (SSSR count). The number of aliphatic hydroxyl groups is 1. The van der Waals surface area contributed by atoms with Crippen molar-refractivity contribution in [1.82, 2.24) is 5.32 Å². The lowest BCUT2D eigenvalue weighted by Crippen LogP contribution is -2.36. The summed E-state index contributed by atoms with van der Waals surface area (Å²) in [5, 5.41) is 11.5. The summed E-state index contributed by atoms with van der Waals surface area (Å²) in [6.07, 6.45) is 0.636. The fraction of sp³-hybridized carbons (Fsp3) is 0.364. The average molecular weight is 211 g/mol. The van der Waals surface area contributed by atoms with Crippen molar-refractivity contribution in [1.29, 1.82) is 0 Å². The summed E-state index contributed by atoms with van der Waals surface area (Å²) in [7, 11) is 0. The zero-order valence-corrected chi connectivity index (χ0v) is 8.53. The van der Waals surface area contributed by atoms with Crippen LogP contribution in [-0.4, -0.2) is 23.7 Å². The first-order valence-corrected chi connectivity index (χ1v) is 4.84. The summed E-state index contributed by atoms with van der Waals surface area (Å²) >= 11 is 0. The smallest absolute Gasteiger partial charge is 0.251 e. The van der Waals surface area contributed by atoms with Gasteiger partial charge in [-0.05, 0) is 24.6 Å². The molecular weight excluding hydrogens is 197 g/mol. The van der Waals surface area contributed by atoms with Crippen molar-refractivity contribution in [2.75, 3.05) is 6.61 Å². The Morgan fingerprint density at radius 1 is 1.60 bits per heavy atom. The van der Waals surface area contributed by atoms with Gasteiger partial charge in [-0.15, -0.1) is 0 Å². The standard InChI is InChI=1S/C11H14FNO2/c1-2-10(7-14)13-11(15)8-4-3-5-9(12)6-8/h3-6,10,14H,2,7H2,1H3,(H,13,15)/t10-/m0/s1. The van der Waals surface area contributed by atoms with Gasteiger partial charge in [-0.1, -0.05) is 13.0 Å². The molecule has 0 saturated heterocycles. The van der Waals surface area contributed by atoms with Crippen LogP contribution in [0.25, 0.3) is 0 Å². The molecule has 0 aromatic heterocycles. The van der Waals surface area contributed by atoms with Gasteiger partial charge in [0.1, 0.15) is 5.82 Å². The second-order valence-electron chi connectivity index (χ2n) is 3.27. The van der Waals surface area contributed by atoms with E-state index in [2.05, 4.69) is 5.32 Å². The molecule has 1 aromatic rings. The van der Waals surface area contributed by atoms with Crippen molar-refractivity contribution in [2.45, 2.75) is 19.4 Å². The molecule has 0 spiro atoms. The number of carbonyl (C=O) groups is 1. The maximum absolute atomic E-state index is 12.8. The van der Waals surface area contributed by atoms with Gasteiger partial charge in [0.2, 0.25) is 0 Å². The summed E-state index contributed by atoms with van der Waals surface area (Å²) in [4.78, 5) is 11.5. The van der Waals surface area contributed by atoms with Crippen molar-refractivity contribution in [3.05, 3.63) is 35.6 Å². The van der Waals surface area contributed by atoms with E-state index in [0.717, 1.165) is 0 Å². The molecule has 0 aliphatic carbocycles. The summed E-state index contributed by atoms with van der Waals surface area (Å²) in [6.45, 7) is 1.74. The van der Waals surface area contributed by atoms with E-state index in [-0.39, 0.29) is 24.1 Å². The van der Waals surface area contributed by atoms with Crippen LogP contribution in [0.15, 0.2) is 24.3 Å². The van der Waals surface area contributed by atoms with Crippen LogP contribution in [0.3, 0.4) is 0 Å². The summed E-state index contributed by atoms with van der Waals surface area (Å²) in [6, 6.07) is 5.17. The van der Waals surface area contributed by atoms with Gasteiger partial charge in [0.15, 0.2) is 0 Å². The maximum Gasteiger partial charge on any atom is 0.251 e. The van der Waals surface area contributed by atoms with Crippen molar-refractivity contribution >= 4 is 5.91 Å². The predicted octanol–water partition coefficient (Wildman–Crippen LogP) is 1.33. The van der Waals surface area contributed by atoms with E-state index in [9.17, 15) is 9.18 Å². The molecule has 2 N–H and O–H groups in total. The highest BCUT2D eigenvalue weighted by Crippen LogP contribution is 2.04. The highest BCUT2D eigenvalue weighted by molar-refractivity contribution is 5.94. The number of halogens is 1. The number of hydrogen-bond donors (Lipinski definition) is 2. The van der Waals surface area contributed by atoms with Gasteiger partial charge >= 0.3 is 0 Å². The Balaban J connectivity index is 2.68. The van der Waals surface area contributed by atoms with Crippen LogP contribution >= 0.6 is 0 Å². The lowest BCUT2D eigenvalue weighted by atomic mass is 10.1. The van der Waals surface area contributed by atoms with E-state index in [1.54, 1.807) is 0 Å². The largest absolute Gasteiger partial charge is 0.394 e. The lowest BCUT2D eigenvalue weighted by molar-refractivity contribution is 0.0914. The zero-order chi connectivity index (χ0) is 11.3. The lowest BCUT2D eigenvalue weighted by Gasteiger charge is -2.13. The van der Waals surface area contributed by atoms with Crippen LogP contribution in [0.1, 0.15) is 23.7 Å². The van der Waals surface area contributed by atoms with Crippen molar-refractivity contribution in [3.8, 4) is 0 Å². The van der Waals surface area contributed by atoms with Gasteiger partial charge in [0.25, 0.3) is 5.91 Å². The van der Waals surface area contributed by atoms with Gasteiger partial charge in [-0.25, -0.2) is 4.39 Å². The first-order valence-electron chi connectivity index (χ1n) is 4.84. The molecule has 0 aliphatic heterocycles. The molecule has 4 heteroatoms. The Morgan fingerprint density at radius 3 is 2.87 bits per heavy atom. The van der Waals surface area contributed by atoms with Gasteiger partial charge in [-0.2, -0.15) is 0 Å². The van der Waals surface area contributed by atoms with Crippen molar-refractivity contribution in [2.24, 2.45) is 0 Å². The van der Waals surface area contributed by atoms with Crippen LogP contribution in [0.4, 0.5) is 4.39 Å². The summed E-state index contributed by atoms with van der Waals surface area (Å²) in [5.41, 5.74) is 0.266. The Labute approximate surface area is 87.9 Å². The molecule has 0 aliphatic rings. The van der Waals surface area contributed by atoms with Gasteiger partial charge < -0.3 is 10.4 Å². The molecule has 1 atom stereocenters. The molecule has 0 unspecified atom stereocenters. The van der Waals surface area contributed by atoms with Crippen molar-refractivity contribution < 1.29 is 14.3 Å². The van der Waals surface area contributed by atoms with Gasteiger partial charge in [-0.3, -0.25) is 4.79 Å². The summed E-state index contributed by atoms with van der Waals surface area (Å²) in [5.74, 6) is -0.810. The average Bonchev–Trinajstić information content (AvgIpc) is 2.25. The fourth-order valence-corrected chi connectivity index (χ4v) is 1.18. The van der Waals surface area contributed by atoms with Gasteiger partial charge in [0.05, 0.1) is 12.6 Å². The Hall–Kier alpha value is -1.42. The molecule has 82 valence electrons. The molecule has 0 saturated carbocycles. The van der Waals surface area contributed by atoms with Crippen LogP contribution in [0, 0.1) is 5.82 Å². The van der Waals surface area contributed by atoms with Crippen LogP contribution in [0.2, 0.25) is 0 Å². The Morgan fingerprint density at radius 2 is 2.33 bits per heavy atom. The second kappa shape index (κ2) is 5.46. The van der Waals surface area contributed by atoms with E-state index >= 15 is 0 Å². The number of benzene rings is 1. The van der Waals surface area contributed by atoms with Crippen LogP contribution in [-0.2, 0) is 0 Å². The molecule has 0 heterocycles. The number of aliphatic hydroxyl groups excluding tert-OH is 1. The normalized spacial score (nSPS) is 12.2. The number of amides is 1. The predicted molar refractivity (Wildman–Crippen MR) is 55.0 cm³/mol. The molecule has 3 nitrogen and oxygen atoms in total. The molecule has 0 fully saturated rings. The number of rotatable bonds is 4. The van der Waals surface area contributed by atoms with E-state index < -0.39 is 5.82 Å². The highest BCUT2D eigenvalue weighted by atomic mass is 19.1. The first kappa shape index (κ1) is 11.7. The topological polar surface area (TPSA) is 49.3 Å². The van der Waals surface area contributed by atoms with Crippen LogP contribution in [0.5, 0.6) is 0 Å². The van der Waals surface area contributed by atoms with E-state index in [0.29, 0.717) is 6.42 Å². The van der Waals surface area contributed by atoms with Crippen LogP contribution < -0.4 is 5.32 Å². The third-order valence-electron chi connectivity index (χ3n) is 2.14. The quantitative estimate of drug-likeness (QED) is 0.789. The fourth-order valence-electron chi connectivity index (χ4n) is 1.18. The van der Waals surface area contributed by atoms with Gasteiger partial charge in [0, 0.05) is 5.56 Å². The molecule has 1 aromatic carbocycles. The second-order valence-corrected chi connectivity index (χ2v) is 3.27. The molecule has 1 amide bonds. The number of hydrogen-bond acceptors (Lipinski definition) is 2. The zero-order valence-electron chi connectivity index (χ0n) is 8.53. The minimum Gasteiger partial charge on any atom is -0.394 e. The third kappa shape index (κ3) is 3.32.